The molecule has 0 fully saturated rings. The van der Waals surface area contributed by atoms with E-state index in [1.54, 1.807) is 0 Å². The molecule has 2 N–H and O–H groups in total. The van der Waals surface area contributed by atoms with Crippen LogP contribution in [0.4, 0.5) is 0 Å². The van der Waals surface area contributed by atoms with Gasteiger partial charge in [0, 0.05) is 16.6 Å². The van der Waals surface area contributed by atoms with E-state index in [4.69, 9.17) is 4.74 Å². The summed E-state index contributed by atoms with van der Waals surface area (Å²) in [5, 5.41) is 6.34. The first-order chi connectivity index (χ1) is 10.9. The fourth-order valence-corrected chi connectivity index (χ4v) is 1.93. The Labute approximate surface area is 144 Å². The number of carbonyl (C=O) groups is 2. The molecule has 7 heteroatoms. The van der Waals surface area contributed by atoms with Gasteiger partial charge in [-0.3, -0.25) is 9.59 Å². The Hall–Kier alpha value is -1.89. The third-order valence-corrected chi connectivity index (χ3v) is 3.17. The Kier molecular flexibility index (Phi) is 8.32. The minimum absolute atomic E-state index is 0.273. The van der Waals surface area contributed by atoms with E-state index < -0.39 is 11.8 Å². The van der Waals surface area contributed by atoms with Crippen molar-refractivity contribution < 1.29 is 14.3 Å². The van der Waals surface area contributed by atoms with Gasteiger partial charge in [-0.25, -0.2) is 5.43 Å². The molecule has 0 saturated carbocycles. The van der Waals surface area contributed by atoms with Gasteiger partial charge in [0.25, 0.3) is 0 Å². The zero-order valence-corrected chi connectivity index (χ0v) is 15.1. The van der Waals surface area contributed by atoms with Crippen molar-refractivity contribution in [2.24, 2.45) is 11.0 Å². The molecular weight excluding hydrogens is 362 g/mol. The van der Waals surface area contributed by atoms with Crippen LogP contribution in [0.15, 0.2) is 27.8 Å². The topological polar surface area (TPSA) is 79.8 Å². The van der Waals surface area contributed by atoms with Crippen molar-refractivity contribution in [1.29, 1.82) is 0 Å². The Balaban J connectivity index is 2.64. The molecule has 6 nitrogen and oxygen atoms in total. The van der Waals surface area contributed by atoms with Gasteiger partial charge in [0.2, 0.25) is 0 Å². The fraction of sp³-hybridized carbons (Fsp3) is 0.438. The van der Waals surface area contributed by atoms with Crippen molar-refractivity contribution >= 4 is 34.0 Å². The number of rotatable bonds is 7. The Morgan fingerprint density at radius 1 is 1.35 bits per heavy atom. The van der Waals surface area contributed by atoms with Crippen LogP contribution in [0.5, 0.6) is 5.75 Å². The summed E-state index contributed by atoms with van der Waals surface area (Å²) in [6.45, 7) is 6.94. The Morgan fingerprint density at radius 3 is 2.74 bits per heavy atom. The Morgan fingerprint density at radius 2 is 2.09 bits per heavy atom. The van der Waals surface area contributed by atoms with Crippen molar-refractivity contribution in [2.75, 3.05) is 13.2 Å². The van der Waals surface area contributed by atoms with Crippen molar-refractivity contribution in [3.05, 3.63) is 28.2 Å². The first kappa shape index (κ1) is 19.2. The van der Waals surface area contributed by atoms with Gasteiger partial charge >= 0.3 is 11.8 Å². The lowest BCUT2D eigenvalue weighted by atomic mass is 10.2. The molecule has 126 valence electrons. The van der Waals surface area contributed by atoms with Crippen LogP contribution in [0.25, 0.3) is 0 Å². The van der Waals surface area contributed by atoms with Crippen molar-refractivity contribution in [3.8, 4) is 5.75 Å². The maximum Gasteiger partial charge on any atom is 0.329 e. The van der Waals surface area contributed by atoms with E-state index in [0.29, 0.717) is 24.5 Å². The number of ether oxygens (including phenoxy) is 1. The third kappa shape index (κ3) is 7.27. The normalized spacial score (nSPS) is 10.8. The first-order valence-corrected chi connectivity index (χ1v) is 8.27. The molecule has 0 aromatic heterocycles. The molecule has 23 heavy (non-hydrogen) atoms. The second kappa shape index (κ2) is 9.99. The Bertz CT molecular complexity index is 574. The molecule has 1 aromatic carbocycles. The summed E-state index contributed by atoms with van der Waals surface area (Å²) in [4.78, 5) is 23.1. The molecular formula is C16H22BrN3O3. The number of hydrogen-bond donors (Lipinski definition) is 2. The number of nitrogens with one attached hydrogen (secondary N) is 2. The minimum Gasteiger partial charge on any atom is -0.493 e. The molecule has 0 saturated heterocycles. The van der Waals surface area contributed by atoms with Gasteiger partial charge < -0.3 is 10.1 Å². The molecule has 1 rings (SSSR count). The summed E-state index contributed by atoms with van der Waals surface area (Å²) in [5.74, 6) is -0.562. The van der Waals surface area contributed by atoms with E-state index in [0.717, 1.165) is 10.9 Å². The van der Waals surface area contributed by atoms with E-state index in [2.05, 4.69) is 31.8 Å². The van der Waals surface area contributed by atoms with Gasteiger partial charge in [-0.2, -0.15) is 5.10 Å². The molecule has 0 unspecified atom stereocenters. The number of benzene rings is 1. The number of hydrazone groups is 1. The maximum atomic E-state index is 11.6. The van der Waals surface area contributed by atoms with Gasteiger partial charge in [-0.1, -0.05) is 36.7 Å². The molecule has 0 spiro atoms. The number of carbonyl (C=O) groups excluding carboxylic acids is 2. The molecule has 1 aromatic rings. The summed E-state index contributed by atoms with van der Waals surface area (Å²) in [5.41, 5.74) is 2.91. The summed E-state index contributed by atoms with van der Waals surface area (Å²) < 4.78 is 6.47. The zero-order valence-electron chi connectivity index (χ0n) is 13.6. The van der Waals surface area contributed by atoms with Crippen LogP contribution in [-0.4, -0.2) is 31.2 Å². The van der Waals surface area contributed by atoms with Crippen LogP contribution >= 0.6 is 15.9 Å². The second-order valence-corrected chi connectivity index (χ2v) is 6.25. The fourth-order valence-electron chi connectivity index (χ4n) is 1.55. The summed E-state index contributed by atoms with van der Waals surface area (Å²) >= 11 is 3.37. The largest absolute Gasteiger partial charge is 0.493 e. The van der Waals surface area contributed by atoms with Gasteiger partial charge in [-0.15, -0.1) is 0 Å². The highest BCUT2D eigenvalue weighted by molar-refractivity contribution is 9.10. The van der Waals surface area contributed by atoms with Crippen LogP contribution in [0.3, 0.4) is 0 Å². The molecule has 0 radical (unpaired) electrons. The summed E-state index contributed by atoms with van der Waals surface area (Å²) in [6, 6.07) is 5.50. The quantitative estimate of drug-likeness (QED) is 0.431. The van der Waals surface area contributed by atoms with Crippen molar-refractivity contribution in [3.63, 3.8) is 0 Å². The molecule has 0 heterocycles. The van der Waals surface area contributed by atoms with Gasteiger partial charge in [-0.05, 0) is 30.5 Å². The van der Waals surface area contributed by atoms with Crippen LogP contribution in [0.1, 0.15) is 32.8 Å². The highest BCUT2D eigenvalue weighted by Crippen LogP contribution is 2.21. The van der Waals surface area contributed by atoms with E-state index in [9.17, 15) is 9.59 Å². The van der Waals surface area contributed by atoms with Crippen LogP contribution in [0.2, 0.25) is 0 Å². The van der Waals surface area contributed by atoms with E-state index in [-0.39, 0.29) is 5.92 Å². The SMILES string of the molecule is CCCOc1ccc(Br)cc1/C=N\NC(=O)C(=O)NCC(C)C. The lowest BCUT2D eigenvalue weighted by Crippen LogP contribution is -2.39. The van der Waals surface area contributed by atoms with Crippen molar-refractivity contribution in [1.82, 2.24) is 10.7 Å². The first-order valence-electron chi connectivity index (χ1n) is 7.47. The van der Waals surface area contributed by atoms with Gasteiger partial charge in [0.1, 0.15) is 5.75 Å². The highest BCUT2D eigenvalue weighted by atomic mass is 79.9. The van der Waals surface area contributed by atoms with Gasteiger partial charge in [0.15, 0.2) is 0 Å². The molecule has 0 aliphatic carbocycles. The molecule has 0 aliphatic heterocycles. The van der Waals surface area contributed by atoms with Crippen LogP contribution < -0.4 is 15.5 Å². The predicted molar refractivity (Wildman–Crippen MR) is 93.5 cm³/mol. The monoisotopic (exact) mass is 383 g/mol. The standard InChI is InChI=1S/C16H22BrN3O3/c1-4-7-23-14-6-5-13(17)8-12(14)10-19-20-16(22)15(21)18-9-11(2)3/h5-6,8,10-11H,4,7,9H2,1-3H3,(H,18,21)(H,20,22)/b19-10-. The number of amides is 2. The van der Waals surface area contributed by atoms with Crippen LogP contribution in [-0.2, 0) is 9.59 Å². The molecule has 0 aliphatic rings. The van der Waals surface area contributed by atoms with E-state index in [1.165, 1.54) is 6.21 Å². The average Bonchev–Trinajstić information content (AvgIpc) is 2.51. The van der Waals surface area contributed by atoms with E-state index >= 15 is 0 Å². The minimum atomic E-state index is -0.798. The number of nitrogens with zero attached hydrogens (tertiary/aromatic N) is 1. The lowest BCUT2D eigenvalue weighted by molar-refractivity contribution is -0.139. The third-order valence-electron chi connectivity index (χ3n) is 2.68. The lowest BCUT2D eigenvalue weighted by Gasteiger charge is -2.08. The predicted octanol–water partition coefficient (Wildman–Crippen LogP) is 2.46. The second-order valence-electron chi connectivity index (χ2n) is 5.33. The van der Waals surface area contributed by atoms with Crippen molar-refractivity contribution in [2.45, 2.75) is 27.2 Å². The van der Waals surface area contributed by atoms with Gasteiger partial charge in [0.05, 0.1) is 12.8 Å². The van der Waals surface area contributed by atoms with E-state index in [1.807, 2.05) is 39.0 Å². The number of hydrogen-bond acceptors (Lipinski definition) is 4. The highest BCUT2D eigenvalue weighted by Gasteiger charge is 2.12. The summed E-state index contributed by atoms with van der Waals surface area (Å²) in [7, 11) is 0. The smallest absolute Gasteiger partial charge is 0.329 e. The molecule has 0 atom stereocenters. The molecule has 2 amide bonds. The summed E-state index contributed by atoms with van der Waals surface area (Å²) in [6.07, 6.45) is 2.34. The zero-order chi connectivity index (χ0) is 17.2. The van der Waals surface area contributed by atoms with Crippen LogP contribution in [0, 0.1) is 5.92 Å². The molecule has 0 bridgehead atoms. The maximum absolute atomic E-state index is 11.6. The number of halogens is 1. The average molecular weight is 384 g/mol.